The Labute approximate surface area is 210 Å². The van der Waals surface area contributed by atoms with Crippen LogP contribution in [-0.4, -0.2) is 50.1 Å². The normalized spacial score (nSPS) is 11.0. The Bertz CT molecular complexity index is 1340. The Kier molecular flexibility index (Phi) is 7.92. The van der Waals surface area contributed by atoms with Gasteiger partial charge in [-0.3, -0.25) is 0 Å². The largest absolute Gasteiger partial charge is 0.489 e. The molecule has 0 aliphatic rings. The topological polar surface area (TPSA) is 104 Å². The molecule has 0 radical (unpaired) electrons. The molecule has 1 aromatic heterocycles. The van der Waals surface area contributed by atoms with Crippen molar-refractivity contribution in [3.8, 4) is 5.75 Å². The average Bonchev–Trinajstić information content (AvgIpc) is 3.29. The molecule has 0 spiro atoms. The van der Waals surface area contributed by atoms with Gasteiger partial charge in [0.25, 0.3) is 0 Å². The summed E-state index contributed by atoms with van der Waals surface area (Å²) in [4.78, 5) is 28.8. The lowest BCUT2D eigenvalue weighted by molar-refractivity contribution is -0.430. The van der Waals surface area contributed by atoms with Crippen LogP contribution in [0.3, 0.4) is 0 Å². The van der Waals surface area contributed by atoms with Crippen LogP contribution in [0.5, 0.6) is 5.75 Å². The van der Waals surface area contributed by atoms with Gasteiger partial charge >= 0.3 is 11.7 Å². The van der Waals surface area contributed by atoms with Crippen molar-refractivity contribution < 1.29 is 14.6 Å². The zero-order chi connectivity index (χ0) is 25.5. The van der Waals surface area contributed by atoms with Gasteiger partial charge in [0.15, 0.2) is 0 Å². The minimum absolute atomic E-state index is 0.0937. The predicted octanol–water partition coefficient (Wildman–Crippen LogP) is 4.60. The SMILES string of the molecule is CN(C)CCCN(C)c1ccc(C(=O)Nc2[nH+][nH]c3ccc(OCc4ccccc4)cc23)c(N=O)c1. The van der Waals surface area contributed by atoms with Crippen LogP contribution in [-0.2, 0) is 6.61 Å². The summed E-state index contributed by atoms with van der Waals surface area (Å²) in [6.45, 7) is 2.22. The van der Waals surface area contributed by atoms with Gasteiger partial charge in [-0.25, -0.2) is 15.2 Å². The molecular formula is C27H31N6O3+. The third kappa shape index (κ3) is 6.05. The molecule has 1 amide bonds. The number of nitroso groups, excluding NO2 is 1. The van der Waals surface area contributed by atoms with Crippen molar-refractivity contribution in [2.45, 2.75) is 13.0 Å². The van der Waals surface area contributed by atoms with Crippen molar-refractivity contribution in [3.63, 3.8) is 0 Å². The molecule has 0 fully saturated rings. The quantitative estimate of drug-likeness (QED) is 0.301. The van der Waals surface area contributed by atoms with E-state index in [-0.39, 0.29) is 11.3 Å². The number of rotatable bonds is 11. The number of ether oxygens (including phenoxy) is 1. The maximum absolute atomic E-state index is 13.1. The Hall–Kier alpha value is -4.24. The van der Waals surface area contributed by atoms with E-state index in [1.54, 1.807) is 12.1 Å². The van der Waals surface area contributed by atoms with E-state index in [4.69, 9.17) is 4.74 Å². The summed E-state index contributed by atoms with van der Waals surface area (Å²) in [6, 6.07) is 20.6. The van der Waals surface area contributed by atoms with Crippen molar-refractivity contribution in [1.29, 1.82) is 0 Å². The van der Waals surface area contributed by atoms with Crippen LogP contribution in [0.1, 0.15) is 22.3 Å². The Morgan fingerprint density at radius 3 is 2.58 bits per heavy atom. The Morgan fingerprint density at radius 2 is 1.83 bits per heavy atom. The molecule has 3 aromatic carbocycles. The van der Waals surface area contributed by atoms with Crippen LogP contribution in [0.4, 0.5) is 17.2 Å². The van der Waals surface area contributed by atoms with Gasteiger partial charge in [0.05, 0.1) is 16.5 Å². The summed E-state index contributed by atoms with van der Waals surface area (Å²) in [5, 5.41) is 12.7. The lowest BCUT2D eigenvalue weighted by Gasteiger charge is -2.21. The number of carbonyl (C=O) groups is 1. The van der Waals surface area contributed by atoms with Crippen molar-refractivity contribution in [2.24, 2.45) is 5.18 Å². The third-order valence-electron chi connectivity index (χ3n) is 5.93. The van der Waals surface area contributed by atoms with Crippen LogP contribution in [0.25, 0.3) is 10.9 Å². The van der Waals surface area contributed by atoms with Crippen molar-refractivity contribution in [3.05, 3.63) is 82.8 Å². The number of amides is 1. The van der Waals surface area contributed by atoms with Crippen molar-refractivity contribution in [1.82, 2.24) is 10.00 Å². The van der Waals surface area contributed by atoms with Crippen molar-refractivity contribution in [2.75, 3.05) is 44.4 Å². The molecule has 0 bridgehead atoms. The van der Waals surface area contributed by atoms with Gasteiger partial charge in [-0.1, -0.05) is 30.3 Å². The molecule has 1 heterocycles. The van der Waals surface area contributed by atoms with Crippen LogP contribution < -0.4 is 20.1 Å². The second-order valence-electron chi connectivity index (χ2n) is 8.93. The minimum atomic E-state index is -0.431. The summed E-state index contributed by atoms with van der Waals surface area (Å²) >= 11 is 0. The first-order valence-corrected chi connectivity index (χ1v) is 11.8. The molecule has 36 heavy (non-hydrogen) atoms. The van der Waals surface area contributed by atoms with E-state index in [1.165, 1.54) is 0 Å². The standard InChI is InChI=1S/C27H30N6O3/c1-32(2)14-7-15-33(3)20-10-12-22(25(16-20)31-35)27(34)28-26-23-17-21(11-13-24(23)29-30-26)36-18-19-8-5-4-6-9-19/h4-6,8-13,16-17H,7,14-15,18H2,1-3H3,(H2,28,29,30,34)/p+1. The van der Waals surface area contributed by atoms with Crippen LogP contribution in [0.15, 0.2) is 71.9 Å². The fourth-order valence-electron chi connectivity index (χ4n) is 3.92. The number of hydrogen-bond donors (Lipinski definition) is 2. The summed E-state index contributed by atoms with van der Waals surface area (Å²) in [5.41, 5.74) is 3.00. The van der Waals surface area contributed by atoms with Crippen LogP contribution in [0.2, 0.25) is 0 Å². The third-order valence-corrected chi connectivity index (χ3v) is 5.93. The second-order valence-corrected chi connectivity index (χ2v) is 8.93. The fraction of sp³-hybridized carbons (Fsp3) is 0.259. The highest BCUT2D eigenvalue weighted by Crippen LogP contribution is 2.28. The summed E-state index contributed by atoms with van der Waals surface area (Å²) in [6.07, 6.45) is 0.975. The van der Waals surface area contributed by atoms with E-state index in [0.717, 1.165) is 41.7 Å². The first-order valence-electron chi connectivity index (χ1n) is 11.8. The molecule has 0 saturated heterocycles. The number of carbonyl (C=O) groups excluding carboxylic acids is 1. The number of anilines is 2. The number of aromatic amines is 2. The maximum atomic E-state index is 13.1. The van der Waals surface area contributed by atoms with Gasteiger partial charge in [-0.15, -0.1) is 4.91 Å². The van der Waals surface area contributed by atoms with Gasteiger partial charge in [-0.2, -0.15) is 5.10 Å². The molecule has 0 atom stereocenters. The first-order chi connectivity index (χ1) is 17.4. The smallest absolute Gasteiger partial charge is 0.341 e. The highest BCUT2D eigenvalue weighted by molar-refractivity contribution is 6.10. The highest BCUT2D eigenvalue weighted by atomic mass is 16.5. The summed E-state index contributed by atoms with van der Waals surface area (Å²) in [7, 11) is 6.02. The Balaban J connectivity index is 1.47. The number of hydrogen-bond acceptors (Lipinski definition) is 6. The number of benzene rings is 3. The van der Waals surface area contributed by atoms with E-state index in [0.29, 0.717) is 18.2 Å². The Morgan fingerprint density at radius 1 is 1.03 bits per heavy atom. The van der Waals surface area contributed by atoms with E-state index < -0.39 is 5.91 Å². The summed E-state index contributed by atoms with van der Waals surface area (Å²) in [5.74, 6) is 0.716. The predicted molar refractivity (Wildman–Crippen MR) is 142 cm³/mol. The maximum Gasteiger partial charge on any atom is 0.341 e. The molecule has 186 valence electrons. The van der Waals surface area contributed by atoms with Gasteiger partial charge < -0.3 is 14.5 Å². The fourth-order valence-corrected chi connectivity index (χ4v) is 3.92. The van der Waals surface area contributed by atoms with E-state index in [9.17, 15) is 9.70 Å². The lowest BCUT2D eigenvalue weighted by atomic mass is 10.1. The molecule has 9 nitrogen and oxygen atoms in total. The molecule has 4 rings (SSSR count). The number of aromatic nitrogens is 2. The van der Waals surface area contributed by atoms with E-state index >= 15 is 0 Å². The lowest BCUT2D eigenvalue weighted by Crippen LogP contribution is -2.23. The van der Waals surface area contributed by atoms with Gasteiger partial charge in [0, 0.05) is 19.3 Å². The molecular weight excluding hydrogens is 456 g/mol. The number of nitrogens with one attached hydrogen (secondary N) is 3. The van der Waals surface area contributed by atoms with Crippen LogP contribution in [0, 0.1) is 4.91 Å². The molecule has 0 saturated carbocycles. The van der Waals surface area contributed by atoms with Gasteiger partial charge in [0.1, 0.15) is 18.0 Å². The molecule has 0 unspecified atom stereocenters. The second kappa shape index (κ2) is 11.5. The van der Waals surface area contributed by atoms with Gasteiger partial charge in [-0.05, 0) is 74.2 Å². The molecule has 3 N–H and O–H groups in total. The molecule has 4 aromatic rings. The minimum Gasteiger partial charge on any atom is -0.489 e. The average molecular weight is 488 g/mol. The zero-order valence-corrected chi connectivity index (χ0v) is 20.7. The zero-order valence-electron chi connectivity index (χ0n) is 20.7. The number of H-pyrrole nitrogens is 2. The highest BCUT2D eigenvalue weighted by Gasteiger charge is 2.22. The number of nitrogens with zero attached hydrogens (tertiary/aromatic N) is 3. The molecule has 0 aliphatic heterocycles. The van der Waals surface area contributed by atoms with Gasteiger partial charge in [0.2, 0.25) is 0 Å². The van der Waals surface area contributed by atoms with E-state index in [2.05, 4.69) is 25.6 Å². The van der Waals surface area contributed by atoms with Crippen molar-refractivity contribution >= 4 is 34.0 Å². The molecule has 0 aliphatic carbocycles. The summed E-state index contributed by atoms with van der Waals surface area (Å²) < 4.78 is 5.92. The number of fused-ring (bicyclic) bond motifs is 1. The molecule has 9 heteroatoms. The van der Waals surface area contributed by atoms with Crippen LogP contribution >= 0.6 is 0 Å². The monoisotopic (exact) mass is 487 g/mol. The van der Waals surface area contributed by atoms with E-state index in [1.807, 2.05) is 80.6 Å². The first kappa shape index (κ1) is 24.9.